The fraction of sp³-hybridized carbons (Fsp3) is 0.387. The lowest BCUT2D eigenvalue weighted by Gasteiger charge is -2.44. The van der Waals surface area contributed by atoms with Gasteiger partial charge in [-0.1, -0.05) is 18.9 Å². The summed E-state index contributed by atoms with van der Waals surface area (Å²) in [4.78, 5) is 50.4. The fourth-order valence-corrected chi connectivity index (χ4v) is 7.49. The predicted molar refractivity (Wildman–Crippen MR) is 146 cm³/mol. The lowest BCUT2D eigenvalue weighted by molar-refractivity contribution is -0.152. The molecule has 4 aliphatic rings. The molecule has 8 nitrogen and oxygen atoms in total. The minimum Gasteiger partial charge on any atom is -0.326 e. The van der Waals surface area contributed by atoms with Crippen molar-refractivity contribution in [3.8, 4) is 0 Å². The molecule has 2 spiro atoms. The van der Waals surface area contributed by atoms with Crippen LogP contribution in [0.3, 0.4) is 0 Å². The zero-order chi connectivity index (χ0) is 28.4. The van der Waals surface area contributed by atoms with E-state index in [9.17, 15) is 23.2 Å². The van der Waals surface area contributed by atoms with Gasteiger partial charge in [0.1, 0.15) is 29.8 Å². The Bertz CT molecular complexity index is 1580. The van der Waals surface area contributed by atoms with Gasteiger partial charge in [-0.2, -0.15) is 0 Å². The first-order chi connectivity index (χ1) is 19.8. The SMILES string of the molecule is O=C(CN1C(=O)C2(CCCC2)CC[C@H]1c1cc(F)cc(F)c1)Nc1cc2c(cn1)CC1(C2)C(=O)Nc2ncccc21. The lowest BCUT2D eigenvalue weighted by Crippen LogP contribution is -2.51. The van der Waals surface area contributed by atoms with Gasteiger partial charge in [0.15, 0.2) is 0 Å². The molecule has 1 saturated carbocycles. The molecule has 7 rings (SSSR count). The number of piperidine rings is 1. The molecule has 0 bridgehead atoms. The van der Waals surface area contributed by atoms with Gasteiger partial charge in [-0.05, 0) is 79.5 Å². The van der Waals surface area contributed by atoms with E-state index in [1.807, 2.05) is 12.1 Å². The van der Waals surface area contributed by atoms with E-state index in [0.29, 0.717) is 42.9 Å². The van der Waals surface area contributed by atoms with Crippen LogP contribution in [0.4, 0.5) is 20.4 Å². The number of amides is 3. The number of pyridine rings is 2. The van der Waals surface area contributed by atoms with Gasteiger partial charge in [0.05, 0.1) is 11.5 Å². The number of nitrogens with one attached hydrogen (secondary N) is 2. The number of halogens is 2. The van der Waals surface area contributed by atoms with Crippen molar-refractivity contribution in [1.82, 2.24) is 14.9 Å². The quantitative estimate of drug-likeness (QED) is 0.488. The first-order valence-corrected chi connectivity index (χ1v) is 14.1. The normalized spacial score (nSPS) is 24.0. The number of rotatable bonds is 4. The average molecular weight is 558 g/mol. The molecule has 3 amide bonds. The predicted octanol–water partition coefficient (Wildman–Crippen LogP) is 4.61. The molecule has 2 aliphatic heterocycles. The summed E-state index contributed by atoms with van der Waals surface area (Å²) in [6.07, 6.45) is 8.85. The van der Waals surface area contributed by atoms with E-state index in [0.717, 1.165) is 48.4 Å². The van der Waals surface area contributed by atoms with Crippen LogP contribution in [0.2, 0.25) is 0 Å². The highest BCUT2D eigenvalue weighted by Crippen LogP contribution is 2.50. The zero-order valence-electron chi connectivity index (χ0n) is 22.4. The van der Waals surface area contributed by atoms with Crippen LogP contribution >= 0.6 is 0 Å². The highest BCUT2D eigenvalue weighted by Gasteiger charge is 2.52. The largest absolute Gasteiger partial charge is 0.326 e. The molecule has 2 fully saturated rings. The van der Waals surface area contributed by atoms with E-state index in [4.69, 9.17) is 0 Å². The minimum absolute atomic E-state index is 0.0998. The van der Waals surface area contributed by atoms with Crippen molar-refractivity contribution in [3.63, 3.8) is 0 Å². The molecule has 2 atom stereocenters. The topological polar surface area (TPSA) is 104 Å². The van der Waals surface area contributed by atoms with Gasteiger partial charge in [0.2, 0.25) is 17.7 Å². The van der Waals surface area contributed by atoms with Gasteiger partial charge < -0.3 is 15.5 Å². The summed E-state index contributed by atoms with van der Waals surface area (Å²) in [5.41, 5.74) is 1.78. The Morgan fingerprint density at radius 1 is 1.02 bits per heavy atom. The molecule has 210 valence electrons. The minimum atomic E-state index is -0.750. The van der Waals surface area contributed by atoms with Gasteiger partial charge in [-0.3, -0.25) is 14.4 Å². The summed E-state index contributed by atoms with van der Waals surface area (Å²) in [5.74, 6) is -1.20. The fourth-order valence-electron chi connectivity index (χ4n) is 7.49. The Kier molecular flexibility index (Phi) is 5.92. The van der Waals surface area contributed by atoms with Crippen molar-refractivity contribution in [1.29, 1.82) is 0 Å². The van der Waals surface area contributed by atoms with E-state index in [1.165, 1.54) is 17.0 Å². The van der Waals surface area contributed by atoms with E-state index >= 15 is 0 Å². The van der Waals surface area contributed by atoms with E-state index in [1.54, 1.807) is 18.5 Å². The number of fused-ring (bicyclic) bond motifs is 3. The first-order valence-electron chi connectivity index (χ1n) is 14.1. The highest BCUT2D eigenvalue weighted by molar-refractivity contribution is 6.06. The maximum absolute atomic E-state index is 14.1. The number of carbonyl (C=O) groups is 3. The smallest absolute Gasteiger partial charge is 0.245 e. The van der Waals surface area contributed by atoms with Crippen LogP contribution in [-0.4, -0.2) is 39.1 Å². The van der Waals surface area contributed by atoms with Crippen LogP contribution in [0.5, 0.6) is 0 Å². The summed E-state index contributed by atoms with van der Waals surface area (Å²) < 4.78 is 28.2. The third kappa shape index (κ3) is 4.19. The number of aromatic nitrogens is 2. The third-order valence-electron chi connectivity index (χ3n) is 9.46. The maximum atomic E-state index is 14.1. The van der Waals surface area contributed by atoms with Crippen LogP contribution in [0.25, 0.3) is 0 Å². The zero-order valence-corrected chi connectivity index (χ0v) is 22.4. The van der Waals surface area contributed by atoms with Crippen molar-refractivity contribution in [2.45, 2.75) is 62.8 Å². The second kappa shape index (κ2) is 9.43. The molecule has 2 aliphatic carbocycles. The van der Waals surface area contributed by atoms with Crippen LogP contribution in [0.1, 0.15) is 66.8 Å². The molecule has 1 unspecified atom stereocenters. The summed E-state index contributed by atoms with van der Waals surface area (Å²) in [6.45, 7) is -0.256. The second-order valence-corrected chi connectivity index (χ2v) is 11.9. The van der Waals surface area contributed by atoms with Crippen LogP contribution in [0.15, 0.2) is 48.8 Å². The Hall–Kier alpha value is -4.21. The molecule has 2 N–H and O–H groups in total. The van der Waals surface area contributed by atoms with Crippen LogP contribution < -0.4 is 10.6 Å². The van der Waals surface area contributed by atoms with Crippen LogP contribution in [-0.2, 0) is 32.6 Å². The van der Waals surface area contributed by atoms with Gasteiger partial charge >= 0.3 is 0 Å². The van der Waals surface area contributed by atoms with E-state index in [-0.39, 0.29) is 18.4 Å². The van der Waals surface area contributed by atoms with Crippen molar-refractivity contribution < 1.29 is 23.2 Å². The molecule has 2 aromatic heterocycles. The molecule has 3 aromatic rings. The number of nitrogens with zero attached hydrogens (tertiary/aromatic N) is 3. The third-order valence-corrected chi connectivity index (χ3v) is 9.46. The van der Waals surface area contributed by atoms with Crippen molar-refractivity contribution in [2.75, 3.05) is 17.2 Å². The van der Waals surface area contributed by atoms with Crippen molar-refractivity contribution in [2.24, 2.45) is 5.41 Å². The number of hydrogen-bond donors (Lipinski definition) is 2. The number of likely N-dealkylation sites (tertiary alicyclic amines) is 1. The monoisotopic (exact) mass is 557 g/mol. The van der Waals surface area contributed by atoms with E-state index < -0.39 is 34.4 Å². The molecule has 1 saturated heterocycles. The summed E-state index contributed by atoms with van der Waals surface area (Å²) in [7, 11) is 0. The molecular weight excluding hydrogens is 528 g/mol. The first kappa shape index (κ1) is 25.7. The molecule has 0 radical (unpaired) electrons. The highest BCUT2D eigenvalue weighted by atomic mass is 19.1. The molecular formula is C31H29F2N5O3. The second-order valence-electron chi connectivity index (χ2n) is 11.9. The van der Waals surface area contributed by atoms with Gasteiger partial charge in [0, 0.05) is 29.4 Å². The molecule has 41 heavy (non-hydrogen) atoms. The molecule has 10 heteroatoms. The van der Waals surface area contributed by atoms with Crippen molar-refractivity contribution in [3.05, 3.63) is 82.7 Å². The summed E-state index contributed by atoms with van der Waals surface area (Å²) in [6, 6.07) is 8.18. The standard InChI is InChI=1S/C31H29F2N5O3/c32-21-10-18(11-22(33)13-21)24-5-8-30(6-1-2-7-30)29(41)38(24)17-26(39)36-25-12-19-14-31(15-20(19)16-35-25)23-4-3-9-34-27(23)37-28(31)40/h3-4,9-13,16,24H,1-2,5-8,14-15,17H2,(H,34,37,40)(H,35,36,39)/t24-,31?/m0/s1. The van der Waals surface area contributed by atoms with Gasteiger partial charge in [0.25, 0.3) is 0 Å². The lowest BCUT2D eigenvalue weighted by atomic mass is 9.74. The number of hydrogen-bond acceptors (Lipinski definition) is 5. The van der Waals surface area contributed by atoms with Gasteiger partial charge in [-0.15, -0.1) is 0 Å². The summed E-state index contributed by atoms with van der Waals surface area (Å²) in [5, 5.41) is 5.70. The molecule has 4 heterocycles. The van der Waals surface area contributed by atoms with Gasteiger partial charge in [-0.25, -0.2) is 18.7 Å². The Balaban J connectivity index is 1.12. The molecule has 1 aromatic carbocycles. The average Bonchev–Trinajstić information content (AvgIpc) is 3.63. The van der Waals surface area contributed by atoms with E-state index in [2.05, 4.69) is 20.6 Å². The van der Waals surface area contributed by atoms with Crippen molar-refractivity contribution >= 4 is 29.4 Å². The Morgan fingerprint density at radius 3 is 2.56 bits per heavy atom. The Labute approximate surface area is 235 Å². The Morgan fingerprint density at radius 2 is 1.78 bits per heavy atom. The number of benzene rings is 1. The number of carbonyl (C=O) groups excluding carboxylic acids is 3. The number of anilines is 2. The van der Waals surface area contributed by atoms with Crippen LogP contribution in [0, 0.1) is 17.0 Å². The maximum Gasteiger partial charge on any atom is 0.245 e. The summed E-state index contributed by atoms with van der Waals surface area (Å²) >= 11 is 0.